The fourth-order valence-corrected chi connectivity index (χ4v) is 5.29. The molecule has 2 aromatic heterocycles. The standard InChI is InChI=1S/C24H20N2S2/c1-2-3-6-16-9-11-17(12-10-16)23-26-20-15-18(13-14-22(20)28-23)24-25-19-7-4-5-8-21(19)27-24/h4-5,7-15H,2-3,6H2,1H3. The maximum Gasteiger partial charge on any atom is 0.124 e. The monoisotopic (exact) mass is 400 g/mol. The van der Waals surface area contributed by atoms with Crippen LogP contribution in [0.3, 0.4) is 0 Å². The Balaban J connectivity index is 1.48. The Morgan fingerprint density at radius 1 is 0.714 bits per heavy atom. The van der Waals surface area contributed by atoms with Crippen molar-refractivity contribution in [2.45, 2.75) is 26.2 Å². The Hall–Kier alpha value is -2.56. The van der Waals surface area contributed by atoms with E-state index < -0.39 is 0 Å². The van der Waals surface area contributed by atoms with Gasteiger partial charge >= 0.3 is 0 Å². The number of para-hydroxylation sites is 1. The zero-order chi connectivity index (χ0) is 18.9. The van der Waals surface area contributed by atoms with E-state index in [4.69, 9.17) is 9.97 Å². The number of aromatic nitrogens is 2. The molecule has 0 N–H and O–H groups in total. The van der Waals surface area contributed by atoms with E-state index >= 15 is 0 Å². The molecule has 0 saturated heterocycles. The molecule has 3 aromatic carbocycles. The zero-order valence-electron chi connectivity index (χ0n) is 15.7. The number of thiazole rings is 2. The van der Waals surface area contributed by atoms with Gasteiger partial charge in [0.2, 0.25) is 0 Å². The van der Waals surface area contributed by atoms with Crippen molar-refractivity contribution in [2.24, 2.45) is 0 Å². The van der Waals surface area contributed by atoms with Gasteiger partial charge in [-0.05, 0) is 42.7 Å². The van der Waals surface area contributed by atoms with Gasteiger partial charge in [0.15, 0.2) is 0 Å². The average Bonchev–Trinajstić information content (AvgIpc) is 3.36. The quantitative estimate of drug-likeness (QED) is 0.304. The molecule has 0 amide bonds. The van der Waals surface area contributed by atoms with Crippen LogP contribution < -0.4 is 0 Å². The van der Waals surface area contributed by atoms with E-state index in [1.807, 2.05) is 6.07 Å². The molecule has 5 rings (SSSR count). The fraction of sp³-hybridized carbons (Fsp3) is 0.167. The molecule has 0 atom stereocenters. The molecule has 4 heteroatoms. The Kier molecular flexibility index (Phi) is 4.67. The van der Waals surface area contributed by atoms with Gasteiger partial charge in [0.1, 0.15) is 10.0 Å². The lowest BCUT2D eigenvalue weighted by Crippen LogP contribution is -1.84. The molecule has 0 aliphatic carbocycles. The summed E-state index contributed by atoms with van der Waals surface area (Å²) in [5.74, 6) is 0. The molecule has 5 aromatic rings. The molecule has 0 aliphatic heterocycles. The summed E-state index contributed by atoms with van der Waals surface area (Å²) >= 11 is 3.49. The molecule has 28 heavy (non-hydrogen) atoms. The highest BCUT2D eigenvalue weighted by Gasteiger charge is 2.10. The maximum absolute atomic E-state index is 4.91. The smallest absolute Gasteiger partial charge is 0.124 e. The summed E-state index contributed by atoms with van der Waals surface area (Å²) in [5.41, 5.74) is 5.85. The van der Waals surface area contributed by atoms with E-state index in [0.29, 0.717) is 0 Å². The molecule has 0 spiro atoms. The van der Waals surface area contributed by atoms with Crippen LogP contribution in [0.1, 0.15) is 25.3 Å². The van der Waals surface area contributed by atoms with Crippen LogP contribution in [0.15, 0.2) is 66.7 Å². The zero-order valence-corrected chi connectivity index (χ0v) is 17.3. The summed E-state index contributed by atoms with van der Waals surface area (Å²) < 4.78 is 2.44. The Morgan fingerprint density at radius 2 is 1.39 bits per heavy atom. The van der Waals surface area contributed by atoms with Gasteiger partial charge in [0.05, 0.1) is 20.4 Å². The lowest BCUT2D eigenvalue weighted by molar-refractivity contribution is 0.795. The third-order valence-corrected chi connectivity index (χ3v) is 7.12. The number of hydrogen-bond donors (Lipinski definition) is 0. The van der Waals surface area contributed by atoms with E-state index in [1.54, 1.807) is 22.7 Å². The number of fused-ring (bicyclic) bond motifs is 2. The average molecular weight is 401 g/mol. The number of nitrogens with zero attached hydrogens (tertiary/aromatic N) is 2. The molecule has 0 fully saturated rings. The molecule has 138 valence electrons. The first kappa shape index (κ1) is 17.5. The van der Waals surface area contributed by atoms with Gasteiger partial charge in [-0.3, -0.25) is 0 Å². The molecular weight excluding hydrogens is 380 g/mol. The highest BCUT2D eigenvalue weighted by molar-refractivity contribution is 7.22. The first-order chi connectivity index (χ1) is 13.8. The number of hydrogen-bond acceptors (Lipinski definition) is 4. The van der Waals surface area contributed by atoms with Crippen LogP contribution in [0.5, 0.6) is 0 Å². The van der Waals surface area contributed by atoms with Crippen LogP contribution in [0.2, 0.25) is 0 Å². The van der Waals surface area contributed by atoms with Crippen molar-refractivity contribution in [3.8, 4) is 21.1 Å². The van der Waals surface area contributed by atoms with Crippen molar-refractivity contribution < 1.29 is 0 Å². The molecule has 0 aliphatic rings. The predicted molar refractivity (Wildman–Crippen MR) is 122 cm³/mol. The first-order valence-electron chi connectivity index (χ1n) is 9.66. The SMILES string of the molecule is CCCCc1ccc(-c2nc3cc(-c4nc5ccccc5s4)ccc3s2)cc1. The Morgan fingerprint density at radius 3 is 2.18 bits per heavy atom. The van der Waals surface area contributed by atoms with Gasteiger partial charge in [0.25, 0.3) is 0 Å². The normalized spacial score (nSPS) is 11.5. The molecule has 0 radical (unpaired) electrons. The van der Waals surface area contributed by atoms with Crippen LogP contribution in [0.25, 0.3) is 41.6 Å². The van der Waals surface area contributed by atoms with Crippen molar-refractivity contribution in [3.05, 3.63) is 72.3 Å². The van der Waals surface area contributed by atoms with Crippen LogP contribution >= 0.6 is 22.7 Å². The third-order valence-electron chi connectivity index (χ3n) is 4.95. The summed E-state index contributed by atoms with van der Waals surface area (Å²) in [7, 11) is 0. The predicted octanol–water partition coefficient (Wildman–Crippen LogP) is 7.58. The van der Waals surface area contributed by atoms with Crippen LogP contribution in [0.4, 0.5) is 0 Å². The minimum absolute atomic E-state index is 1.05. The number of unbranched alkanes of at least 4 members (excludes halogenated alkanes) is 1. The van der Waals surface area contributed by atoms with E-state index in [1.165, 1.54) is 33.4 Å². The summed E-state index contributed by atoms with van der Waals surface area (Å²) in [6.07, 6.45) is 3.63. The minimum Gasteiger partial charge on any atom is -0.236 e. The van der Waals surface area contributed by atoms with Gasteiger partial charge in [-0.25, -0.2) is 9.97 Å². The number of rotatable bonds is 5. The first-order valence-corrected chi connectivity index (χ1v) is 11.3. The largest absolute Gasteiger partial charge is 0.236 e. The maximum atomic E-state index is 4.91. The second-order valence-electron chi connectivity index (χ2n) is 6.99. The highest BCUT2D eigenvalue weighted by atomic mass is 32.1. The number of benzene rings is 3. The molecule has 2 nitrogen and oxygen atoms in total. The van der Waals surface area contributed by atoms with Crippen LogP contribution in [-0.2, 0) is 6.42 Å². The summed E-state index contributed by atoms with van der Waals surface area (Å²) in [6, 6.07) is 23.7. The minimum atomic E-state index is 1.05. The molecule has 2 heterocycles. The fourth-order valence-electron chi connectivity index (χ4n) is 3.37. The van der Waals surface area contributed by atoms with Crippen molar-refractivity contribution >= 4 is 43.1 Å². The van der Waals surface area contributed by atoms with E-state index in [2.05, 4.69) is 67.6 Å². The molecule has 0 bridgehead atoms. The van der Waals surface area contributed by atoms with Gasteiger partial charge in [0, 0.05) is 11.1 Å². The van der Waals surface area contributed by atoms with E-state index in [0.717, 1.165) is 33.0 Å². The summed E-state index contributed by atoms with van der Waals surface area (Å²) in [6.45, 7) is 2.23. The third kappa shape index (κ3) is 3.34. The van der Waals surface area contributed by atoms with Crippen molar-refractivity contribution in [1.82, 2.24) is 9.97 Å². The van der Waals surface area contributed by atoms with E-state index in [-0.39, 0.29) is 0 Å². The van der Waals surface area contributed by atoms with E-state index in [9.17, 15) is 0 Å². The topological polar surface area (TPSA) is 25.8 Å². The number of aryl methyl sites for hydroxylation is 1. The van der Waals surface area contributed by atoms with Crippen LogP contribution in [0, 0.1) is 0 Å². The second kappa shape index (κ2) is 7.46. The second-order valence-corrected chi connectivity index (χ2v) is 9.05. The van der Waals surface area contributed by atoms with Gasteiger partial charge < -0.3 is 0 Å². The Labute approximate surface area is 172 Å². The van der Waals surface area contributed by atoms with Crippen molar-refractivity contribution in [2.75, 3.05) is 0 Å². The Bertz CT molecular complexity index is 1220. The molecule has 0 saturated carbocycles. The molecule has 0 unspecified atom stereocenters. The summed E-state index contributed by atoms with van der Waals surface area (Å²) in [4.78, 5) is 9.69. The van der Waals surface area contributed by atoms with Gasteiger partial charge in [-0.1, -0.05) is 55.8 Å². The lowest BCUT2D eigenvalue weighted by Gasteiger charge is -2.01. The van der Waals surface area contributed by atoms with Crippen LogP contribution in [-0.4, -0.2) is 9.97 Å². The van der Waals surface area contributed by atoms with Gasteiger partial charge in [-0.15, -0.1) is 22.7 Å². The highest BCUT2D eigenvalue weighted by Crippen LogP contribution is 2.35. The molecular formula is C24H20N2S2. The van der Waals surface area contributed by atoms with Crippen molar-refractivity contribution in [3.63, 3.8) is 0 Å². The lowest BCUT2D eigenvalue weighted by atomic mass is 10.1. The van der Waals surface area contributed by atoms with Gasteiger partial charge in [-0.2, -0.15) is 0 Å². The summed E-state index contributed by atoms with van der Waals surface area (Å²) in [5, 5.41) is 2.14. The van der Waals surface area contributed by atoms with Crippen molar-refractivity contribution in [1.29, 1.82) is 0 Å².